The number of thiophene rings is 1. The van der Waals surface area contributed by atoms with Crippen molar-refractivity contribution in [1.29, 1.82) is 0 Å². The molecule has 0 bridgehead atoms. The van der Waals surface area contributed by atoms with Gasteiger partial charge in [-0.1, -0.05) is 30.3 Å². The van der Waals surface area contributed by atoms with E-state index in [-0.39, 0.29) is 0 Å². The van der Waals surface area contributed by atoms with E-state index in [2.05, 4.69) is 45.6 Å². The van der Waals surface area contributed by atoms with Crippen LogP contribution in [-0.2, 0) is 17.6 Å². The van der Waals surface area contributed by atoms with Crippen LogP contribution in [-0.4, -0.2) is 35.2 Å². The first-order valence-electron chi connectivity index (χ1n) is 9.24. The molecule has 1 aliphatic carbocycles. The van der Waals surface area contributed by atoms with Crippen molar-refractivity contribution in [1.82, 2.24) is 15.0 Å². The summed E-state index contributed by atoms with van der Waals surface area (Å²) in [5, 5.41) is 4.59. The van der Waals surface area contributed by atoms with E-state index in [0.717, 1.165) is 45.9 Å². The lowest BCUT2D eigenvalue weighted by Gasteiger charge is -2.09. The van der Waals surface area contributed by atoms with Gasteiger partial charge in [-0.05, 0) is 30.4 Å². The van der Waals surface area contributed by atoms with Crippen molar-refractivity contribution < 1.29 is 4.74 Å². The van der Waals surface area contributed by atoms with E-state index in [1.807, 2.05) is 0 Å². The maximum absolute atomic E-state index is 5.14. The van der Waals surface area contributed by atoms with E-state index in [4.69, 9.17) is 9.72 Å². The van der Waals surface area contributed by atoms with Crippen molar-refractivity contribution in [2.75, 3.05) is 25.6 Å². The summed E-state index contributed by atoms with van der Waals surface area (Å²) < 4.78 is 6.22. The Kier molecular flexibility index (Phi) is 4.22. The summed E-state index contributed by atoms with van der Waals surface area (Å²) in [6.45, 7) is 1.36. The Morgan fingerprint density at radius 2 is 1.96 bits per heavy atom. The molecule has 3 heterocycles. The molecule has 5 rings (SSSR count). The first kappa shape index (κ1) is 16.6. The Bertz CT molecular complexity index is 1120. The van der Waals surface area contributed by atoms with Crippen LogP contribution in [0.5, 0.6) is 0 Å². The Morgan fingerprint density at radius 3 is 2.81 bits per heavy atom. The van der Waals surface area contributed by atoms with Gasteiger partial charge >= 0.3 is 0 Å². The number of fused-ring (bicyclic) bond motifs is 5. The third-order valence-corrected chi connectivity index (χ3v) is 6.20. The Balaban J connectivity index is 1.74. The number of hydrogen-bond donors (Lipinski definition) is 1. The Hall–Kier alpha value is -2.57. The fourth-order valence-corrected chi connectivity index (χ4v) is 5.06. The van der Waals surface area contributed by atoms with Gasteiger partial charge in [-0.15, -0.1) is 11.3 Å². The maximum atomic E-state index is 5.14. The summed E-state index contributed by atoms with van der Waals surface area (Å²) in [4.78, 5) is 15.2. The molecule has 6 heteroatoms. The van der Waals surface area contributed by atoms with Crippen LogP contribution in [0.1, 0.15) is 17.5 Å². The number of aromatic nitrogens is 3. The zero-order chi connectivity index (χ0) is 18.2. The van der Waals surface area contributed by atoms with Gasteiger partial charge in [0, 0.05) is 24.6 Å². The second-order valence-corrected chi connectivity index (χ2v) is 7.74. The van der Waals surface area contributed by atoms with E-state index < -0.39 is 0 Å². The van der Waals surface area contributed by atoms with Crippen LogP contribution < -0.4 is 5.32 Å². The van der Waals surface area contributed by atoms with Crippen molar-refractivity contribution in [3.63, 3.8) is 0 Å². The fraction of sp³-hybridized carbons (Fsp3) is 0.286. The van der Waals surface area contributed by atoms with Gasteiger partial charge in [-0.3, -0.25) is 0 Å². The standard InChI is InChI=1S/C21H20N4OS/c1-26-11-10-22-20-19-18(23-12-24-20)16-14-8-5-9-15(14)17(25-21(16)27-19)13-6-3-2-4-7-13/h2-4,6-7,12H,5,8-11H2,1H3,(H,22,23,24). The van der Waals surface area contributed by atoms with Crippen molar-refractivity contribution in [2.24, 2.45) is 0 Å². The molecule has 0 aliphatic heterocycles. The second-order valence-electron chi connectivity index (χ2n) is 6.74. The molecule has 0 unspecified atom stereocenters. The van der Waals surface area contributed by atoms with Crippen molar-refractivity contribution in [2.45, 2.75) is 19.3 Å². The molecule has 136 valence electrons. The van der Waals surface area contributed by atoms with Gasteiger partial charge in [-0.2, -0.15) is 0 Å². The number of hydrogen-bond acceptors (Lipinski definition) is 6. The normalized spacial score (nSPS) is 13.4. The van der Waals surface area contributed by atoms with E-state index in [1.165, 1.54) is 28.5 Å². The van der Waals surface area contributed by atoms with Crippen molar-refractivity contribution in [3.8, 4) is 11.3 Å². The summed E-state index contributed by atoms with van der Waals surface area (Å²) in [6.07, 6.45) is 5.01. The number of pyridine rings is 1. The minimum absolute atomic E-state index is 0.641. The minimum Gasteiger partial charge on any atom is -0.383 e. The van der Waals surface area contributed by atoms with Gasteiger partial charge in [0.15, 0.2) is 0 Å². The van der Waals surface area contributed by atoms with Crippen LogP contribution in [0.3, 0.4) is 0 Å². The molecule has 1 aromatic carbocycles. The Labute approximate surface area is 161 Å². The van der Waals surface area contributed by atoms with Gasteiger partial charge in [-0.25, -0.2) is 15.0 Å². The third-order valence-electron chi connectivity index (χ3n) is 5.12. The highest BCUT2D eigenvalue weighted by Crippen LogP contribution is 2.43. The lowest BCUT2D eigenvalue weighted by atomic mass is 10.0. The van der Waals surface area contributed by atoms with E-state index >= 15 is 0 Å². The average Bonchev–Trinajstić information content (AvgIpc) is 3.32. The SMILES string of the molecule is COCCNc1ncnc2c1sc1nc(-c3ccccc3)c3c(c12)CCC3. The predicted octanol–water partition coefficient (Wildman–Crippen LogP) is 4.45. The molecular formula is C21H20N4OS. The number of methoxy groups -OCH3 is 1. The first-order valence-corrected chi connectivity index (χ1v) is 10.1. The number of rotatable bonds is 5. The molecule has 0 atom stereocenters. The van der Waals surface area contributed by atoms with Crippen LogP contribution >= 0.6 is 11.3 Å². The topological polar surface area (TPSA) is 59.9 Å². The molecular weight excluding hydrogens is 356 g/mol. The fourth-order valence-electron chi connectivity index (χ4n) is 3.93. The summed E-state index contributed by atoms with van der Waals surface area (Å²) in [5.74, 6) is 0.869. The molecule has 0 spiro atoms. The number of anilines is 1. The number of nitrogens with one attached hydrogen (secondary N) is 1. The highest BCUT2D eigenvalue weighted by Gasteiger charge is 2.24. The lowest BCUT2D eigenvalue weighted by Crippen LogP contribution is -2.08. The van der Waals surface area contributed by atoms with Crippen LogP contribution in [0, 0.1) is 0 Å². The largest absolute Gasteiger partial charge is 0.383 e. The van der Waals surface area contributed by atoms with Crippen LogP contribution in [0.25, 0.3) is 31.7 Å². The molecule has 0 amide bonds. The summed E-state index contributed by atoms with van der Waals surface area (Å²) in [6, 6.07) is 10.5. The number of aryl methyl sites for hydroxylation is 1. The highest BCUT2D eigenvalue weighted by molar-refractivity contribution is 7.26. The van der Waals surface area contributed by atoms with E-state index in [1.54, 1.807) is 24.8 Å². The molecule has 1 aliphatic rings. The van der Waals surface area contributed by atoms with Crippen LogP contribution in [0.2, 0.25) is 0 Å². The molecule has 0 radical (unpaired) electrons. The zero-order valence-corrected chi connectivity index (χ0v) is 16.0. The summed E-state index contributed by atoms with van der Waals surface area (Å²) in [7, 11) is 1.70. The molecule has 1 N–H and O–H groups in total. The van der Waals surface area contributed by atoms with E-state index in [9.17, 15) is 0 Å². The van der Waals surface area contributed by atoms with Crippen molar-refractivity contribution >= 4 is 37.6 Å². The monoisotopic (exact) mass is 376 g/mol. The second kappa shape index (κ2) is 6.87. The van der Waals surface area contributed by atoms with Gasteiger partial charge in [0.25, 0.3) is 0 Å². The quantitative estimate of drug-likeness (QED) is 0.521. The lowest BCUT2D eigenvalue weighted by molar-refractivity contribution is 0.210. The molecule has 27 heavy (non-hydrogen) atoms. The first-order chi connectivity index (χ1) is 13.4. The summed E-state index contributed by atoms with van der Waals surface area (Å²) in [5.41, 5.74) is 6.16. The average molecular weight is 376 g/mol. The van der Waals surface area contributed by atoms with Crippen LogP contribution in [0.4, 0.5) is 5.82 Å². The van der Waals surface area contributed by atoms with Crippen LogP contribution in [0.15, 0.2) is 36.7 Å². The maximum Gasteiger partial charge on any atom is 0.147 e. The van der Waals surface area contributed by atoms with Gasteiger partial charge in [0.1, 0.15) is 17.0 Å². The third kappa shape index (κ3) is 2.76. The Morgan fingerprint density at radius 1 is 1.11 bits per heavy atom. The number of benzene rings is 1. The number of ether oxygens (including phenoxy) is 1. The molecule has 5 nitrogen and oxygen atoms in total. The number of nitrogens with zero attached hydrogens (tertiary/aromatic N) is 3. The minimum atomic E-state index is 0.641. The van der Waals surface area contributed by atoms with E-state index in [0.29, 0.717) is 6.61 Å². The molecule has 3 aromatic heterocycles. The zero-order valence-electron chi connectivity index (χ0n) is 15.2. The molecule has 4 aromatic rings. The highest BCUT2D eigenvalue weighted by atomic mass is 32.1. The molecule has 0 fully saturated rings. The van der Waals surface area contributed by atoms with Gasteiger partial charge in [0.2, 0.25) is 0 Å². The molecule has 0 saturated heterocycles. The summed E-state index contributed by atoms with van der Waals surface area (Å²) >= 11 is 1.68. The smallest absolute Gasteiger partial charge is 0.147 e. The molecule has 0 saturated carbocycles. The van der Waals surface area contributed by atoms with Gasteiger partial charge < -0.3 is 10.1 Å². The van der Waals surface area contributed by atoms with Gasteiger partial charge in [0.05, 0.1) is 22.5 Å². The predicted molar refractivity (Wildman–Crippen MR) is 111 cm³/mol. The van der Waals surface area contributed by atoms with Crippen molar-refractivity contribution in [3.05, 3.63) is 47.8 Å².